The minimum absolute atomic E-state index is 0.118. The van der Waals surface area contributed by atoms with Gasteiger partial charge in [-0.25, -0.2) is 4.79 Å². The Morgan fingerprint density at radius 2 is 2.71 bits per heavy atom. The highest BCUT2D eigenvalue weighted by atomic mass is 32.2. The minimum atomic E-state index is -0.243. The number of carbonyl (C=O) groups is 1. The van der Waals surface area contributed by atoms with E-state index in [9.17, 15) is 4.79 Å². The number of nitrogens with one attached hydrogen (secondary N) is 1. The van der Waals surface area contributed by atoms with Gasteiger partial charge in [-0.1, -0.05) is 0 Å². The number of thioether (sulfide) groups is 1. The van der Waals surface area contributed by atoms with Crippen LogP contribution in [0.4, 0.5) is 4.79 Å². The summed E-state index contributed by atoms with van der Waals surface area (Å²) in [6, 6.07) is 0. The second kappa shape index (κ2) is 1.71. The van der Waals surface area contributed by atoms with E-state index in [-0.39, 0.29) is 10.7 Å². The molecule has 0 amide bonds. The van der Waals surface area contributed by atoms with Crippen LogP contribution in [0.2, 0.25) is 0 Å². The third-order valence-corrected chi connectivity index (χ3v) is 1.31. The van der Waals surface area contributed by atoms with Crippen molar-refractivity contribution in [2.45, 2.75) is 12.3 Å². The number of hydrogen-bond acceptors (Lipinski definition) is 4. The Balaban J connectivity index is 2.40. The molecule has 1 fully saturated rings. The van der Waals surface area contributed by atoms with Crippen molar-refractivity contribution in [2.75, 3.05) is 0 Å². The van der Waals surface area contributed by atoms with Gasteiger partial charge in [0.1, 0.15) is 0 Å². The summed E-state index contributed by atoms with van der Waals surface area (Å²) in [5.74, 6) is 0. The van der Waals surface area contributed by atoms with Gasteiger partial charge in [0.05, 0.1) is 5.37 Å². The molecular formula is C3H5NO2S. The molecule has 1 aliphatic rings. The van der Waals surface area contributed by atoms with Gasteiger partial charge >= 0.3 is 5.30 Å². The maximum absolute atomic E-state index is 10.1. The van der Waals surface area contributed by atoms with Gasteiger partial charge in [-0.05, 0) is 18.7 Å². The minimum Gasteiger partial charge on any atom is -0.361 e. The van der Waals surface area contributed by atoms with Crippen molar-refractivity contribution in [1.82, 2.24) is 5.48 Å². The van der Waals surface area contributed by atoms with Crippen LogP contribution in [0.5, 0.6) is 0 Å². The van der Waals surface area contributed by atoms with Crippen LogP contribution in [0.3, 0.4) is 0 Å². The van der Waals surface area contributed by atoms with Crippen molar-refractivity contribution < 1.29 is 9.63 Å². The zero-order valence-electron chi connectivity index (χ0n) is 3.80. The molecule has 1 aliphatic heterocycles. The lowest BCUT2D eigenvalue weighted by molar-refractivity contribution is 0.124. The van der Waals surface area contributed by atoms with Gasteiger partial charge in [0.2, 0.25) is 0 Å². The Kier molecular flexibility index (Phi) is 1.21. The molecule has 1 saturated heterocycles. The summed E-state index contributed by atoms with van der Waals surface area (Å²) in [5.41, 5.74) is 2.48. The molecule has 7 heavy (non-hydrogen) atoms. The largest absolute Gasteiger partial charge is 0.387 e. The summed E-state index contributed by atoms with van der Waals surface area (Å²) < 4.78 is 0. The average Bonchev–Trinajstić information content (AvgIpc) is 1.87. The Hall–Kier alpha value is -0.220. The lowest BCUT2D eigenvalue weighted by Crippen LogP contribution is -2.13. The molecule has 0 aliphatic carbocycles. The molecule has 0 radical (unpaired) electrons. The van der Waals surface area contributed by atoms with Crippen LogP contribution in [-0.4, -0.2) is 10.7 Å². The van der Waals surface area contributed by atoms with E-state index in [1.165, 1.54) is 0 Å². The summed E-state index contributed by atoms with van der Waals surface area (Å²) in [6.45, 7) is 1.86. The van der Waals surface area contributed by atoms with E-state index in [4.69, 9.17) is 0 Å². The molecule has 1 atom stereocenters. The van der Waals surface area contributed by atoms with Crippen LogP contribution in [0, 0.1) is 0 Å². The van der Waals surface area contributed by atoms with Crippen LogP contribution in [0.15, 0.2) is 0 Å². The highest BCUT2D eigenvalue weighted by Crippen LogP contribution is 2.15. The summed E-state index contributed by atoms with van der Waals surface area (Å²) in [6.07, 6.45) is 0. The zero-order valence-corrected chi connectivity index (χ0v) is 4.62. The molecule has 0 saturated carbocycles. The van der Waals surface area contributed by atoms with E-state index in [1.807, 2.05) is 6.92 Å². The van der Waals surface area contributed by atoms with Crippen LogP contribution < -0.4 is 5.48 Å². The van der Waals surface area contributed by atoms with E-state index < -0.39 is 0 Å². The predicted octanol–water partition coefficient (Wildman–Crippen LogP) is 0.720. The van der Waals surface area contributed by atoms with Gasteiger partial charge < -0.3 is 4.84 Å². The van der Waals surface area contributed by atoms with Crippen molar-refractivity contribution in [3.05, 3.63) is 0 Å². The predicted molar refractivity (Wildman–Crippen MR) is 26.7 cm³/mol. The number of carbonyl (C=O) groups excluding carboxylic acids is 1. The zero-order chi connectivity index (χ0) is 5.28. The topological polar surface area (TPSA) is 38.3 Å². The van der Waals surface area contributed by atoms with Crippen LogP contribution in [0.1, 0.15) is 6.92 Å². The van der Waals surface area contributed by atoms with Crippen molar-refractivity contribution in [3.63, 3.8) is 0 Å². The quantitative estimate of drug-likeness (QED) is 0.510. The van der Waals surface area contributed by atoms with Gasteiger partial charge in [-0.2, -0.15) is 0 Å². The van der Waals surface area contributed by atoms with E-state index in [0.29, 0.717) is 0 Å². The molecule has 40 valence electrons. The van der Waals surface area contributed by atoms with E-state index in [2.05, 4.69) is 10.3 Å². The normalized spacial score (nSPS) is 30.4. The van der Waals surface area contributed by atoms with Gasteiger partial charge in [0.15, 0.2) is 0 Å². The first-order valence-electron chi connectivity index (χ1n) is 1.92. The monoisotopic (exact) mass is 119 g/mol. The molecule has 1 heterocycles. The van der Waals surface area contributed by atoms with Crippen LogP contribution >= 0.6 is 11.8 Å². The molecule has 0 aromatic heterocycles. The molecule has 0 spiro atoms. The molecule has 0 aromatic carbocycles. The van der Waals surface area contributed by atoms with Crippen LogP contribution in [-0.2, 0) is 4.84 Å². The van der Waals surface area contributed by atoms with E-state index in [0.717, 1.165) is 11.8 Å². The molecule has 0 bridgehead atoms. The van der Waals surface area contributed by atoms with Crippen LogP contribution in [0.25, 0.3) is 0 Å². The lowest BCUT2D eigenvalue weighted by Gasteiger charge is -1.89. The maximum atomic E-state index is 10.1. The molecule has 1 rings (SSSR count). The van der Waals surface area contributed by atoms with E-state index in [1.54, 1.807) is 0 Å². The van der Waals surface area contributed by atoms with Gasteiger partial charge in [-0.3, -0.25) is 0 Å². The van der Waals surface area contributed by atoms with Crippen molar-refractivity contribution in [1.29, 1.82) is 0 Å². The Morgan fingerprint density at radius 1 is 2.00 bits per heavy atom. The van der Waals surface area contributed by atoms with Gasteiger partial charge in [0.25, 0.3) is 0 Å². The van der Waals surface area contributed by atoms with E-state index >= 15 is 0 Å². The fourth-order valence-electron chi connectivity index (χ4n) is 0.324. The smallest absolute Gasteiger partial charge is 0.361 e. The first-order chi connectivity index (χ1) is 3.29. The average molecular weight is 119 g/mol. The SMILES string of the molecule is CC1NOC(=O)S1. The standard InChI is InChI=1S/C3H5NO2S/c1-2-4-6-3(5)7-2/h2,4H,1H3. The number of rotatable bonds is 0. The molecule has 3 nitrogen and oxygen atoms in total. The summed E-state index contributed by atoms with van der Waals surface area (Å²) in [4.78, 5) is 14.5. The summed E-state index contributed by atoms with van der Waals surface area (Å²) in [5, 5.41) is -0.125. The summed E-state index contributed by atoms with van der Waals surface area (Å²) >= 11 is 1.15. The molecule has 0 aromatic rings. The highest BCUT2D eigenvalue weighted by Gasteiger charge is 2.18. The molecule has 4 heteroatoms. The first-order valence-corrected chi connectivity index (χ1v) is 2.80. The third-order valence-electron chi connectivity index (χ3n) is 0.581. The molecular weight excluding hydrogens is 114 g/mol. The Morgan fingerprint density at radius 3 is 2.86 bits per heavy atom. The van der Waals surface area contributed by atoms with Crippen molar-refractivity contribution in [2.24, 2.45) is 0 Å². The fourth-order valence-corrected chi connectivity index (χ4v) is 0.805. The van der Waals surface area contributed by atoms with Crippen molar-refractivity contribution in [3.8, 4) is 0 Å². The van der Waals surface area contributed by atoms with Gasteiger partial charge in [-0.15, -0.1) is 5.48 Å². The Labute approximate surface area is 45.4 Å². The second-order valence-corrected chi connectivity index (χ2v) is 2.51. The lowest BCUT2D eigenvalue weighted by atomic mass is 10.8. The number of hydroxylamine groups is 1. The van der Waals surface area contributed by atoms with Crippen molar-refractivity contribution >= 4 is 17.1 Å². The highest BCUT2D eigenvalue weighted by molar-refractivity contribution is 8.14. The fraction of sp³-hybridized carbons (Fsp3) is 0.667. The maximum Gasteiger partial charge on any atom is 0.387 e. The Bertz CT molecular complexity index is 94.9. The second-order valence-electron chi connectivity index (χ2n) is 1.23. The first kappa shape index (κ1) is 4.93. The van der Waals surface area contributed by atoms with Gasteiger partial charge in [0, 0.05) is 0 Å². The molecule has 1 N–H and O–H groups in total. The summed E-state index contributed by atoms with van der Waals surface area (Å²) in [7, 11) is 0. The number of hydrogen-bond donors (Lipinski definition) is 1. The third kappa shape index (κ3) is 1.07. The molecule has 1 unspecified atom stereocenters.